The van der Waals surface area contributed by atoms with Crippen LogP contribution in [0, 0.1) is 5.92 Å². The Morgan fingerprint density at radius 3 is 2.67 bits per heavy atom. The normalized spacial score (nSPS) is 15.8. The van der Waals surface area contributed by atoms with Crippen LogP contribution in [-0.4, -0.2) is 42.2 Å². The molecule has 24 heavy (non-hydrogen) atoms. The average molecular weight is 447 g/mol. The molecule has 5 nitrogen and oxygen atoms in total. The van der Waals surface area contributed by atoms with E-state index in [-0.39, 0.29) is 29.7 Å². The second-order valence-electron chi connectivity index (χ2n) is 6.07. The summed E-state index contributed by atoms with van der Waals surface area (Å²) in [5, 5.41) is 13.2. The lowest BCUT2D eigenvalue weighted by Crippen LogP contribution is -2.45. The highest BCUT2D eigenvalue weighted by Gasteiger charge is 2.18. The lowest BCUT2D eigenvalue weighted by atomic mass is 10.00. The van der Waals surface area contributed by atoms with Crippen molar-refractivity contribution >= 4 is 29.9 Å². The lowest BCUT2D eigenvalue weighted by Gasteiger charge is -2.33. The molecular formula is C18H30IN3O2. The topological polar surface area (TPSA) is 57.1 Å². The molecule has 1 aromatic rings. The fraction of sp³-hybridized carbons (Fsp3) is 0.611. The molecule has 1 aliphatic rings. The quantitative estimate of drug-likeness (QED) is 0.412. The Morgan fingerprint density at radius 2 is 2.04 bits per heavy atom. The van der Waals surface area contributed by atoms with Gasteiger partial charge in [-0.3, -0.25) is 0 Å². The summed E-state index contributed by atoms with van der Waals surface area (Å²) in [6.07, 6.45) is 2.44. The third-order valence-corrected chi connectivity index (χ3v) is 4.15. The first-order valence-corrected chi connectivity index (χ1v) is 8.62. The van der Waals surface area contributed by atoms with E-state index in [1.54, 1.807) is 6.07 Å². The Balaban J connectivity index is 0.00000288. The van der Waals surface area contributed by atoms with Gasteiger partial charge in [0.1, 0.15) is 0 Å². The molecule has 0 atom stereocenters. The molecule has 0 saturated carbocycles. The molecule has 1 fully saturated rings. The number of guanidine groups is 1. The van der Waals surface area contributed by atoms with Gasteiger partial charge in [0.15, 0.2) is 17.5 Å². The minimum Gasteiger partial charge on any atom is -0.504 e. The predicted molar refractivity (Wildman–Crippen MR) is 109 cm³/mol. The maximum Gasteiger partial charge on any atom is 0.194 e. The summed E-state index contributed by atoms with van der Waals surface area (Å²) >= 11 is 0. The van der Waals surface area contributed by atoms with Crippen LogP contribution in [0.25, 0.3) is 0 Å². The first-order chi connectivity index (χ1) is 11.1. The van der Waals surface area contributed by atoms with E-state index in [0.717, 1.165) is 37.1 Å². The van der Waals surface area contributed by atoms with Crippen LogP contribution in [0.4, 0.5) is 0 Å². The number of hydrogen-bond acceptors (Lipinski definition) is 3. The van der Waals surface area contributed by atoms with E-state index in [4.69, 9.17) is 9.73 Å². The Kier molecular flexibility index (Phi) is 9.25. The van der Waals surface area contributed by atoms with E-state index in [2.05, 4.69) is 24.1 Å². The molecule has 0 aromatic heterocycles. The van der Waals surface area contributed by atoms with E-state index in [9.17, 15) is 5.11 Å². The van der Waals surface area contributed by atoms with Crippen LogP contribution in [-0.2, 0) is 6.54 Å². The minimum atomic E-state index is 0. The molecule has 0 spiro atoms. The first kappa shape index (κ1) is 20.9. The van der Waals surface area contributed by atoms with E-state index in [0.29, 0.717) is 18.9 Å². The van der Waals surface area contributed by atoms with Crippen LogP contribution in [0.1, 0.15) is 39.2 Å². The van der Waals surface area contributed by atoms with Gasteiger partial charge in [0.05, 0.1) is 13.2 Å². The van der Waals surface area contributed by atoms with Crippen LogP contribution in [0.2, 0.25) is 0 Å². The molecule has 1 heterocycles. The number of benzene rings is 1. The number of hydrogen-bond donors (Lipinski definition) is 2. The maximum atomic E-state index is 9.77. The van der Waals surface area contributed by atoms with E-state index >= 15 is 0 Å². The molecule has 2 N–H and O–H groups in total. The predicted octanol–water partition coefficient (Wildman–Crippen LogP) is 3.61. The average Bonchev–Trinajstić information content (AvgIpc) is 2.55. The van der Waals surface area contributed by atoms with Crippen molar-refractivity contribution in [3.05, 3.63) is 23.8 Å². The zero-order valence-electron chi connectivity index (χ0n) is 14.9. The summed E-state index contributed by atoms with van der Waals surface area (Å²) in [4.78, 5) is 7.10. The first-order valence-electron chi connectivity index (χ1n) is 8.62. The van der Waals surface area contributed by atoms with Gasteiger partial charge in [0.2, 0.25) is 0 Å². The van der Waals surface area contributed by atoms with Crippen molar-refractivity contribution in [3.8, 4) is 11.5 Å². The van der Waals surface area contributed by atoms with Crippen molar-refractivity contribution in [2.45, 2.75) is 40.2 Å². The van der Waals surface area contributed by atoms with E-state index < -0.39 is 0 Å². The largest absolute Gasteiger partial charge is 0.504 e. The highest BCUT2D eigenvalue weighted by Crippen LogP contribution is 2.27. The van der Waals surface area contributed by atoms with Crippen LogP contribution >= 0.6 is 24.0 Å². The molecule has 6 heteroatoms. The number of halogens is 1. The van der Waals surface area contributed by atoms with Crippen molar-refractivity contribution in [1.82, 2.24) is 10.2 Å². The molecule has 0 radical (unpaired) electrons. The maximum absolute atomic E-state index is 9.77. The Morgan fingerprint density at radius 1 is 1.33 bits per heavy atom. The summed E-state index contributed by atoms with van der Waals surface area (Å²) in [7, 11) is 0. The summed E-state index contributed by atoms with van der Waals surface area (Å²) in [6, 6.07) is 5.43. The second kappa shape index (κ2) is 10.6. The van der Waals surface area contributed by atoms with Crippen molar-refractivity contribution < 1.29 is 9.84 Å². The number of ether oxygens (including phenoxy) is 1. The number of likely N-dealkylation sites (tertiary alicyclic amines) is 1. The molecule has 0 bridgehead atoms. The summed E-state index contributed by atoms with van der Waals surface area (Å²) in [5.74, 6) is 2.49. The molecule has 136 valence electrons. The number of rotatable bonds is 5. The van der Waals surface area contributed by atoms with Gasteiger partial charge in [0.25, 0.3) is 0 Å². The monoisotopic (exact) mass is 447 g/mol. The molecule has 1 aromatic carbocycles. The van der Waals surface area contributed by atoms with Gasteiger partial charge in [-0.1, -0.05) is 13.0 Å². The minimum absolute atomic E-state index is 0. The highest BCUT2D eigenvalue weighted by atomic mass is 127. The second-order valence-corrected chi connectivity index (χ2v) is 6.07. The molecule has 2 rings (SSSR count). The Bertz CT molecular complexity index is 529. The van der Waals surface area contributed by atoms with Gasteiger partial charge in [-0.05, 0) is 50.3 Å². The Hall–Kier alpha value is -1.18. The van der Waals surface area contributed by atoms with Gasteiger partial charge in [-0.2, -0.15) is 0 Å². The van der Waals surface area contributed by atoms with Crippen molar-refractivity contribution in [3.63, 3.8) is 0 Å². The molecule has 0 amide bonds. The number of aliphatic imine (C=N–C) groups is 1. The van der Waals surface area contributed by atoms with Crippen molar-refractivity contribution in [2.24, 2.45) is 10.9 Å². The number of nitrogens with one attached hydrogen (secondary N) is 1. The van der Waals surface area contributed by atoms with Crippen LogP contribution < -0.4 is 10.1 Å². The number of phenols is 1. The summed E-state index contributed by atoms with van der Waals surface area (Å²) in [6.45, 7) is 10.4. The third kappa shape index (κ3) is 6.03. The standard InChI is InChI=1S/C18H29N3O2.HI/c1-4-19-18(21-10-8-14(3)9-11-21)20-13-15-6-7-16(22)17(12-15)23-5-2;/h6-7,12,14,22H,4-5,8-11,13H2,1-3H3,(H,19,20);1H. The van der Waals surface area contributed by atoms with Crippen LogP contribution in [0.5, 0.6) is 11.5 Å². The summed E-state index contributed by atoms with van der Waals surface area (Å²) < 4.78 is 5.44. The molecular weight excluding hydrogens is 417 g/mol. The Labute approximate surface area is 162 Å². The lowest BCUT2D eigenvalue weighted by molar-refractivity contribution is 0.273. The SMILES string of the molecule is CCNC(=NCc1ccc(O)c(OCC)c1)N1CCC(C)CC1.I. The summed E-state index contributed by atoms with van der Waals surface area (Å²) in [5.41, 5.74) is 1.03. The molecule has 1 aliphatic heterocycles. The zero-order valence-corrected chi connectivity index (χ0v) is 17.2. The van der Waals surface area contributed by atoms with E-state index in [1.165, 1.54) is 12.8 Å². The van der Waals surface area contributed by atoms with Crippen LogP contribution in [0.3, 0.4) is 0 Å². The number of phenolic OH excluding ortho intramolecular Hbond substituents is 1. The fourth-order valence-electron chi connectivity index (χ4n) is 2.74. The third-order valence-electron chi connectivity index (χ3n) is 4.15. The molecule has 0 unspecified atom stereocenters. The van der Waals surface area contributed by atoms with Gasteiger partial charge in [0, 0.05) is 19.6 Å². The molecule has 1 saturated heterocycles. The fourth-order valence-corrected chi connectivity index (χ4v) is 2.74. The van der Waals surface area contributed by atoms with Gasteiger partial charge < -0.3 is 20.1 Å². The smallest absolute Gasteiger partial charge is 0.194 e. The number of aromatic hydroxyl groups is 1. The van der Waals surface area contributed by atoms with Crippen molar-refractivity contribution in [2.75, 3.05) is 26.2 Å². The van der Waals surface area contributed by atoms with Crippen molar-refractivity contribution in [1.29, 1.82) is 0 Å². The number of piperidine rings is 1. The van der Waals surface area contributed by atoms with Gasteiger partial charge in [-0.25, -0.2) is 4.99 Å². The molecule has 0 aliphatic carbocycles. The van der Waals surface area contributed by atoms with Gasteiger partial charge in [-0.15, -0.1) is 24.0 Å². The van der Waals surface area contributed by atoms with Crippen LogP contribution in [0.15, 0.2) is 23.2 Å². The van der Waals surface area contributed by atoms with Gasteiger partial charge >= 0.3 is 0 Å². The highest BCUT2D eigenvalue weighted by molar-refractivity contribution is 14.0. The zero-order chi connectivity index (χ0) is 16.7. The van der Waals surface area contributed by atoms with E-state index in [1.807, 2.05) is 19.1 Å². The number of nitrogens with zero attached hydrogens (tertiary/aromatic N) is 2.